The maximum absolute atomic E-state index is 10.7. The molecule has 0 aliphatic carbocycles. The molecule has 3 nitrogen and oxygen atoms in total. The van der Waals surface area contributed by atoms with Crippen LogP contribution in [-0.4, -0.2) is 16.6 Å². The standard InChI is InChI=1S/C19H20N2O/c1-14-7-6-10-16-17(11-12-20-18(14)16)21-13-19(2,22)15-8-4-3-5-9-15/h3-12,22H,13H2,1-2H3,(H,20,21). The zero-order valence-corrected chi connectivity index (χ0v) is 12.9. The van der Waals surface area contributed by atoms with Crippen molar-refractivity contribution in [3.63, 3.8) is 0 Å². The van der Waals surface area contributed by atoms with Gasteiger partial charge in [0.15, 0.2) is 0 Å². The molecule has 0 amide bonds. The van der Waals surface area contributed by atoms with E-state index in [2.05, 4.69) is 29.4 Å². The zero-order valence-electron chi connectivity index (χ0n) is 12.9. The van der Waals surface area contributed by atoms with Gasteiger partial charge >= 0.3 is 0 Å². The van der Waals surface area contributed by atoms with Crippen molar-refractivity contribution in [3.8, 4) is 0 Å². The Hall–Kier alpha value is -2.39. The molecule has 2 aromatic carbocycles. The number of aliphatic hydroxyl groups is 1. The van der Waals surface area contributed by atoms with E-state index in [4.69, 9.17) is 0 Å². The summed E-state index contributed by atoms with van der Waals surface area (Å²) < 4.78 is 0. The van der Waals surface area contributed by atoms with Gasteiger partial charge in [-0.15, -0.1) is 0 Å². The highest BCUT2D eigenvalue weighted by Crippen LogP contribution is 2.26. The van der Waals surface area contributed by atoms with Crippen LogP contribution in [0.5, 0.6) is 0 Å². The molecule has 0 saturated carbocycles. The first-order chi connectivity index (χ1) is 10.6. The fraction of sp³-hybridized carbons (Fsp3) is 0.211. The average Bonchev–Trinajstić information content (AvgIpc) is 2.54. The molecule has 0 saturated heterocycles. The summed E-state index contributed by atoms with van der Waals surface area (Å²) in [6, 6.07) is 17.8. The van der Waals surface area contributed by atoms with Crippen molar-refractivity contribution in [2.45, 2.75) is 19.4 Å². The number of nitrogens with one attached hydrogen (secondary N) is 1. The fourth-order valence-corrected chi connectivity index (χ4v) is 2.64. The summed E-state index contributed by atoms with van der Waals surface area (Å²) in [7, 11) is 0. The minimum atomic E-state index is -0.930. The Kier molecular flexibility index (Phi) is 3.82. The van der Waals surface area contributed by atoms with E-state index in [1.165, 1.54) is 0 Å². The number of fused-ring (bicyclic) bond motifs is 1. The number of benzene rings is 2. The molecule has 0 aliphatic heterocycles. The summed E-state index contributed by atoms with van der Waals surface area (Å²) in [6.07, 6.45) is 1.80. The van der Waals surface area contributed by atoms with Crippen LogP contribution in [0.25, 0.3) is 10.9 Å². The van der Waals surface area contributed by atoms with Crippen LogP contribution in [0, 0.1) is 6.92 Å². The molecule has 0 bridgehead atoms. The molecule has 112 valence electrons. The van der Waals surface area contributed by atoms with Crippen molar-refractivity contribution in [1.82, 2.24) is 4.98 Å². The highest BCUT2D eigenvalue weighted by molar-refractivity contribution is 5.92. The van der Waals surface area contributed by atoms with E-state index in [0.717, 1.165) is 27.7 Å². The van der Waals surface area contributed by atoms with E-state index < -0.39 is 5.60 Å². The summed E-state index contributed by atoms with van der Waals surface area (Å²) in [4.78, 5) is 4.44. The number of rotatable bonds is 4. The van der Waals surface area contributed by atoms with Crippen molar-refractivity contribution < 1.29 is 5.11 Å². The predicted octanol–water partition coefficient (Wildman–Crippen LogP) is 3.86. The molecule has 1 atom stereocenters. The van der Waals surface area contributed by atoms with Crippen molar-refractivity contribution in [2.75, 3.05) is 11.9 Å². The SMILES string of the molecule is Cc1cccc2c(NCC(C)(O)c3ccccc3)ccnc12. The number of aryl methyl sites for hydroxylation is 1. The Morgan fingerprint density at radius 1 is 1.05 bits per heavy atom. The van der Waals surface area contributed by atoms with Crippen LogP contribution < -0.4 is 5.32 Å². The van der Waals surface area contributed by atoms with Gasteiger partial charge in [0.2, 0.25) is 0 Å². The van der Waals surface area contributed by atoms with E-state index in [-0.39, 0.29) is 0 Å². The molecular weight excluding hydrogens is 272 g/mol. The zero-order chi connectivity index (χ0) is 15.6. The normalized spacial score (nSPS) is 13.8. The van der Waals surface area contributed by atoms with Gasteiger partial charge in [0.1, 0.15) is 5.60 Å². The van der Waals surface area contributed by atoms with E-state index in [0.29, 0.717) is 6.54 Å². The number of anilines is 1. The lowest BCUT2D eigenvalue weighted by Gasteiger charge is -2.25. The van der Waals surface area contributed by atoms with Gasteiger partial charge in [0.05, 0.1) is 5.52 Å². The third kappa shape index (κ3) is 2.81. The van der Waals surface area contributed by atoms with Gasteiger partial charge in [-0.25, -0.2) is 0 Å². The Bertz CT molecular complexity index is 782. The average molecular weight is 292 g/mol. The third-order valence-corrected chi connectivity index (χ3v) is 3.99. The largest absolute Gasteiger partial charge is 0.384 e. The van der Waals surface area contributed by atoms with Crippen LogP contribution >= 0.6 is 0 Å². The van der Waals surface area contributed by atoms with Gasteiger partial charge in [-0.05, 0) is 31.0 Å². The topological polar surface area (TPSA) is 45.1 Å². The maximum Gasteiger partial charge on any atom is 0.104 e. The minimum absolute atomic E-state index is 0.435. The summed E-state index contributed by atoms with van der Waals surface area (Å²) >= 11 is 0. The van der Waals surface area contributed by atoms with Crippen LogP contribution in [0.1, 0.15) is 18.1 Å². The summed E-state index contributed by atoms with van der Waals surface area (Å²) in [5, 5.41) is 15.1. The number of nitrogens with zero attached hydrogens (tertiary/aromatic N) is 1. The van der Waals surface area contributed by atoms with Crippen molar-refractivity contribution >= 4 is 16.6 Å². The number of aromatic nitrogens is 1. The van der Waals surface area contributed by atoms with Gasteiger partial charge in [-0.1, -0.05) is 48.5 Å². The second kappa shape index (κ2) is 5.78. The highest BCUT2D eigenvalue weighted by Gasteiger charge is 2.22. The smallest absolute Gasteiger partial charge is 0.104 e. The van der Waals surface area contributed by atoms with Gasteiger partial charge in [-0.2, -0.15) is 0 Å². The molecule has 3 rings (SSSR count). The predicted molar refractivity (Wildman–Crippen MR) is 91.0 cm³/mol. The molecule has 1 unspecified atom stereocenters. The number of hydrogen-bond donors (Lipinski definition) is 2. The monoisotopic (exact) mass is 292 g/mol. The lowest BCUT2D eigenvalue weighted by atomic mass is 9.96. The molecule has 22 heavy (non-hydrogen) atoms. The van der Waals surface area contributed by atoms with Gasteiger partial charge in [0.25, 0.3) is 0 Å². The minimum Gasteiger partial charge on any atom is -0.384 e. The Balaban J connectivity index is 1.87. The van der Waals surface area contributed by atoms with Crippen LogP contribution in [0.3, 0.4) is 0 Å². The van der Waals surface area contributed by atoms with Crippen LogP contribution in [0.4, 0.5) is 5.69 Å². The van der Waals surface area contributed by atoms with E-state index in [1.54, 1.807) is 6.20 Å². The molecule has 3 aromatic rings. The van der Waals surface area contributed by atoms with Gasteiger partial charge in [-0.3, -0.25) is 4.98 Å². The molecule has 1 aromatic heterocycles. The van der Waals surface area contributed by atoms with Crippen molar-refractivity contribution in [3.05, 3.63) is 71.9 Å². The number of hydrogen-bond acceptors (Lipinski definition) is 3. The second-order valence-electron chi connectivity index (χ2n) is 5.82. The van der Waals surface area contributed by atoms with E-state index in [1.807, 2.05) is 49.4 Å². The van der Waals surface area contributed by atoms with Crippen LogP contribution in [-0.2, 0) is 5.60 Å². The lowest BCUT2D eigenvalue weighted by molar-refractivity contribution is 0.0716. The fourth-order valence-electron chi connectivity index (χ4n) is 2.64. The van der Waals surface area contributed by atoms with Crippen molar-refractivity contribution in [2.24, 2.45) is 0 Å². The molecule has 0 spiro atoms. The second-order valence-corrected chi connectivity index (χ2v) is 5.82. The summed E-state index contributed by atoms with van der Waals surface area (Å²) in [5.74, 6) is 0. The van der Waals surface area contributed by atoms with Crippen molar-refractivity contribution in [1.29, 1.82) is 0 Å². The Labute approximate surface area is 130 Å². The van der Waals surface area contributed by atoms with E-state index in [9.17, 15) is 5.11 Å². The summed E-state index contributed by atoms with van der Waals surface area (Å²) in [5.41, 5.74) is 3.10. The van der Waals surface area contributed by atoms with Crippen LogP contribution in [0.15, 0.2) is 60.8 Å². The maximum atomic E-state index is 10.7. The summed E-state index contributed by atoms with van der Waals surface area (Å²) in [6.45, 7) is 4.31. The first-order valence-corrected chi connectivity index (χ1v) is 7.44. The number of pyridine rings is 1. The molecule has 0 aliphatic rings. The highest BCUT2D eigenvalue weighted by atomic mass is 16.3. The molecule has 0 fully saturated rings. The molecule has 3 heteroatoms. The number of para-hydroxylation sites is 1. The van der Waals surface area contributed by atoms with Gasteiger partial charge < -0.3 is 10.4 Å². The quantitative estimate of drug-likeness (QED) is 0.767. The third-order valence-electron chi connectivity index (χ3n) is 3.99. The lowest BCUT2D eigenvalue weighted by Crippen LogP contribution is -2.30. The van der Waals surface area contributed by atoms with Crippen LogP contribution in [0.2, 0.25) is 0 Å². The molecular formula is C19H20N2O. The molecule has 2 N–H and O–H groups in total. The Morgan fingerprint density at radius 3 is 2.59 bits per heavy atom. The Morgan fingerprint density at radius 2 is 1.82 bits per heavy atom. The first-order valence-electron chi connectivity index (χ1n) is 7.44. The molecule has 1 heterocycles. The first kappa shape index (κ1) is 14.5. The van der Waals surface area contributed by atoms with Gasteiger partial charge in [0, 0.05) is 23.8 Å². The molecule has 0 radical (unpaired) electrons. The van der Waals surface area contributed by atoms with E-state index >= 15 is 0 Å².